The quantitative estimate of drug-likeness (QED) is 0.231. The minimum absolute atomic E-state index is 0.502. The summed E-state index contributed by atoms with van der Waals surface area (Å²) < 4.78 is 31.5. The van der Waals surface area contributed by atoms with Crippen molar-refractivity contribution in [1.29, 1.82) is 0 Å². The highest BCUT2D eigenvalue weighted by Crippen LogP contribution is 2.66. The lowest BCUT2D eigenvalue weighted by Crippen LogP contribution is -2.53. The van der Waals surface area contributed by atoms with Crippen molar-refractivity contribution in [1.82, 2.24) is 4.67 Å². The lowest BCUT2D eigenvalue weighted by Gasteiger charge is -2.41. The van der Waals surface area contributed by atoms with Crippen LogP contribution in [0.25, 0.3) is 0 Å². The average molecular weight is 566 g/mol. The fraction of sp³-hybridized carbons (Fsp3) is 0.314. The van der Waals surface area contributed by atoms with Crippen LogP contribution in [-0.2, 0) is 29.7 Å². The van der Waals surface area contributed by atoms with Crippen LogP contribution < -0.4 is 0 Å². The molecule has 0 unspecified atom stereocenters. The molecule has 2 heterocycles. The van der Waals surface area contributed by atoms with Gasteiger partial charge in [0.15, 0.2) is 17.0 Å². The van der Waals surface area contributed by atoms with Crippen LogP contribution in [0.3, 0.4) is 0 Å². The summed E-state index contributed by atoms with van der Waals surface area (Å²) in [6.45, 7) is 0. The SMILES string of the molecule is CN(C)P1OC(c2ccccc2)(c2ccccc2)[C@@H]2OC3(CCCC3)O[C@H]2C(c2ccccc2)(c2ccccc2)O1. The summed E-state index contributed by atoms with van der Waals surface area (Å²) in [6.07, 6.45) is 2.83. The van der Waals surface area contributed by atoms with Crippen molar-refractivity contribution < 1.29 is 18.5 Å². The molecular formula is C35H36NO4P. The highest BCUT2D eigenvalue weighted by Gasteiger charge is 2.68. The first-order valence-electron chi connectivity index (χ1n) is 14.5. The van der Waals surface area contributed by atoms with Gasteiger partial charge in [-0.05, 0) is 49.2 Å². The molecule has 7 rings (SSSR count). The van der Waals surface area contributed by atoms with Crippen LogP contribution in [0.1, 0.15) is 47.9 Å². The first kappa shape index (κ1) is 27.0. The van der Waals surface area contributed by atoms with Crippen LogP contribution in [0.2, 0.25) is 0 Å². The molecule has 4 aromatic rings. The monoisotopic (exact) mass is 565 g/mol. The summed E-state index contributed by atoms with van der Waals surface area (Å²) in [5.41, 5.74) is 2.12. The van der Waals surface area contributed by atoms with E-state index in [2.05, 4.69) is 102 Å². The van der Waals surface area contributed by atoms with Gasteiger partial charge in [-0.25, -0.2) is 4.67 Å². The molecular weight excluding hydrogens is 529 g/mol. The van der Waals surface area contributed by atoms with Gasteiger partial charge in [0.05, 0.1) is 0 Å². The van der Waals surface area contributed by atoms with Crippen LogP contribution in [0.5, 0.6) is 0 Å². The van der Waals surface area contributed by atoms with E-state index in [0.29, 0.717) is 0 Å². The zero-order valence-corrected chi connectivity index (χ0v) is 24.5. The van der Waals surface area contributed by atoms with Gasteiger partial charge in [0.2, 0.25) is 0 Å². The highest BCUT2D eigenvalue weighted by atomic mass is 31.2. The maximum absolute atomic E-state index is 7.41. The molecule has 2 saturated heterocycles. The van der Waals surface area contributed by atoms with Crippen molar-refractivity contribution in [2.75, 3.05) is 14.1 Å². The standard InChI is InChI=1S/C35H36NO4P/c1-36(2)41-39-34(27-17-7-3-8-18-27,28-19-9-4-10-20-28)31-32(38-33(37-31)25-15-16-26-33)35(40-41,29-21-11-5-12-22-29)30-23-13-6-14-24-30/h3-14,17-24,31-32H,15-16,25-26H2,1-2H3/t31-,32-/m1/s1. The Labute approximate surface area is 244 Å². The van der Waals surface area contributed by atoms with Gasteiger partial charge in [0.25, 0.3) is 8.53 Å². The number of benzene rings is 4. The second-order valence-corrected chi connectivity index (χ2v) is 13.0. The molecule has 5 nitrogen and oxygen atoms in total. The van der Waals surface area contributed by atoms with E-state index in [4.69, 9.17) is 18.5 Å². The molecule has 210 valence electrons. The van der Waals surface area contributed by atoms with Crippen LogP contribution in [-0.4, -0.2) is 36.8 Å². The third-order valence-corrected chi connectivity index (χ3v) is 10.2. The van der Waals surface area contributed by atoms with Crippen LogP contribution in [0.4, 0.5) is 0 Å². The van der Waals surface area contributed by atoms with E-state index in [1.54, 1.807) is 0 Å². The van der Waals surface area contributed by atoms with Gasteiger partial charge in [-0.3, -0.25) is 0 Å². The van der Waals surface area contributed by atoms with E-state index >= 15 is 0 Å². The average Bonchev–Trinajstić information content (AvgIpc) is 3.63. The molecule has 0 bridgehead atoms. The molecule has 3 fully saturated rings. The number of fused-ring (bicyclic) bond motifs is 1. The molecule has 1 spiro atoms. The zero-order chi connectivity index (χ0) is 27.9. The first-order chi connectivity index (χ1) is 20.1. The van der Waals surface area contributed by atoms with Gasteiger partial charge in [-0.15, -0.1) is 0 Å². The number of ether oxygens (including phenoxy) is 2. The maximum Gasteiger partial charge on any atom is 0.260 e. The molecule has 2 aliphatic heterocycles. The Morgan fingerprint density at radius 1 is 0.537 bits per heavy atom. The second kappa shape index (κ2) is 10.7. The molecule has 2 atom stereocenters. The summed E-state index contributed by atoms with van der Waals surface area (Å²) in [5.74, 6) is -0.691. The van der Waals surface area contributed by atoms with E-state index in [1.165, 1.54) is 0 Å². The van der Waals surface area contributed by atoms with E-state index in [0.717, 1.165) is 47.9 Å². The Kier molecular flexibility index (Phi) is 7.07. The smallest absolute Gasteiger partial charge is 0.260 e. The minimum Gasteiger partial charge on any atom is -0.340 e. The van der Waals surface area contributed by atoms with E-state index in [1.807, 2.05) is 38.4 Å². The first-order valence-corrected chi connectivity index (χ1v) is 15.6. The van der Waals surface area contributed by atoms with Gasteiger partial charge < -0.3 is 18.5 Å². The molecule has 0 amide bonds. The maximum atomic E-state index is 7.41. The second-order valence-electron chi connectivity index (χ2n) is 11.4. The normalized spacial score (nSPS) is 24.8. The molecule has 1 aliphatic carbocycles. The lowest BCUT2D eigenvalue weighted by molar-refractivity contribution is -0.194. The fourth-order valence-corrected chi connectivity index (χ4v) is 8.32. The van der Waals surface area contributed by atoms with Gasteiger partial charge in [0, 0.05) is 12.8 Å². The molecule has 0 N–H and O–H groups in total. The van der Waals surface area contributed by atoms with E-state index in [9.17, 15) is 0 Å². The minimum atomic E-state index is -1.60. The highest BCUT2D eigenvalue weighted by molar-refractivity contribution is 7.44. The van der Waals surface area contributed by atoms with Crippen LogP contribution >= 0.6 is 8.53 Å². The Balaban J connectivity index is 1.57. The van der Waals surface area contributed by atoms with Crippen LogP contribution in [0.15, 0.2) is 121 Å². The van der Waals surface area contributed by atoms with Crippen molar-refractivity contribution >= 4 is 8.53 Å². The largest absolute Gasteiger partial charge is 0.340 e. The molecule has 3 aliphatic rings. The summed E-state index contributed by atoms with van der Waals surface area (Å²) in [5, 5.41) is 0. The molecule has 6 heteroatoms. The Hall–Kier alpha value is -2.89. The number of hydrogen-bond donors (Lipinski definition) is 0. The number of rotatable bonds is 5. The van der Waals surface area contributed by atoms with E-state index in [-0.39, 0.29) is 0 Å². The Morgan fingerprint density at radius 3 is 1.15 bits per heavy atom. The molecule has 0 aromatic heterocycles. The molecule has 4 aromatic carbocycles. The third-order valence-electron chi connectivity index (χ3n) is 8.71. The van der Waals surface area contributed by atoms with Gasteiger partial charge in [0.1, 0.15) is 12.2 Å². The Bertz CT molecular complexity index is 1260. The fourth-order valence-electron chi connectivity index (χ4n) is 6.83. The molecule has 41 heavy (non-hydrogen) atoms. The number of hydrogen-bond acceptors (Lipinski definition) is 5. The van der Waals surface area contributed by atoms with Crippen molar-refractivity contribution in [3.05, 3.63) is 144 Å². The third kappa shape index (κ3) is 4.39. The topological polar surface area (TPSA) is 40.2 Å². The van der Waals surface area contributed by atoms with Crippen molar-refractivity contribution in [2.24, 2.45) is 0 Å². The summed E-state index contributed by atoms with van der Waals surface area (Å²) in [6, 6.07) is 42.0. The van der Waals surface area contributed by atoms with Gasteiger partial charge in [-0.2, -0.15) is 0 Å². The molecule has 1 saturated carbocycles. The van der Waals surface area contributed by atoms with E-state index < -0.39 is 37.7 Å². The van der Waals surface area contributed by atoms with Gasteiger partial charge >= 0.3 is 0 Å². The summed E-state index contributed by atoms with van der Waals surface area (Å²) >= 11 is 0. The Morgan fingerprint density at radius 2 is 0.854 bits per heavy atom. The zero-order valence-electron chi connectivity index (χ0n) is 23.6. The van der Waals surface area contributed by atoms with Crippen molar-refractivity contribution in [3.8, 4) is 0 Å². The van der Waals surface area contributed by atoms with Crippen molar-refractivity contribution in [3.63, 3.8) is 0 Å². The predicted octanol–water partition coefficient (Wildman–Crippen LogP) is 7.76. The summed E-state index contributed by atoms with van der Waals surface area (Å²) in [4.78, 5) is 0. The van der Waals surface area contributed by atoms with Crippen molar-refractivity contribution in [2.45, 2.75) is 54.9 Å². The summed E-state index contributed by atoms with van der Waals surface area (Å²) in [7, 11) is 2.44. The lowest BCUT2D eigenvalue weighted by atomic mass is 9.72. The van der Waals surface area contributed by atoms with Crippen LogP contribution in [0, 0.1) is 0 Å². The van der Waals surface area contributed by atoms with Gasteiger partial charge in [-0.1, -0.05) is 121 Å². The number of nitrogens with zero attached hydrogens (tertiary/aromatic N) is 1. The molecule has 0 radical (unpaired) electrons. The predicted molar refractivity (Wildman–Crippen MR) is 161 cm³/mol.